The van der Waals surface area contributed by atoms with Crippen LogP contribution in [-0.4, -0.2) is 34.6 Å². The van der Waals surface area contributed by atoms with Crippen molar-refractivity contribution >= 4 is 11.0 Å². The Morgan fingerprint density at radius 3 is 3.25 bits per heavy atom. The Hall–Kier alpha value is -1.59. The number of para-hydroxylation sites is 1. The molecule has 84 valence electrons. The molecule has 5 nitrogen and oxygen atoms in total. The van der Waals surface area contributed by atoms with Gasteiger partial charge in [-0.2, -0.15) is 4.73 Å². The Balaban J connectivity index is 2.08. The largest absolute Gasteiger partial charge is 0.427 e. The number of aromatic nitrogens is 2. The van der Waals surface area contributed by atoms with E-state index in [9.17, 15) is 5.21 Å². The third kappa shape index (κ3) is 1.45. The molecule has 2 aromatic rings. The lowest BCUT2D eigenvalue weighted by molar-refractivity contribution is 0.0285. The highest BCUT2D eigenvalue weighted by Gasteiger charge is 2.19. The van der Waals surface area contributed by atoms with Crippen molar-refractivity contribution in [3.8, 4) is 0 Å². The van der Waals surface area contributed by atoms with Crippen LogP contribution >= 0.6 is 0 Å². The van der Waals surface area contributed by atoms with Gasteiger partial charge in [-0.15, -0.1) is 0 Å². The van der Waals surface area contributed by atoms with Crippen LogP contribution in [0.3, 0.4) is 0 Å². The predicted octanol–water partition coefficient (Wildman–Crippen LogP) is 0.934. The molecule has 0 radical (unpaired) electrons. The Bertz CT molecular complexity index is 503. The Morgan fingerprint density at radius 2 is 2.44 bits per heavy atom. The summed E-state index contributed by atoms with van der Waals surface area (Å²) < 4.78 is 6.72. The Kier molecular flexibility index (Phi) is 2.27. The minimum Gasteiger partial charge on any atom is -0.427 e. The molecule has 1 aromatic carbocycles. The van der Waals surface area contributed by atoms with E-state index < -0.39 is 0 Å². The average molecular weight is 219 g/mol. The highest BCUT2D eigenvalue weighted by molar-refractivity contribution is 5.79. The van der Waals surface area contributed by atoms with E-state index in [1.165, 1.54) is 6.33 Å². The summed E-state index contributed by atoms with van der Waals surface area (Å²) in [5.41, 5.74) is 2.54. The van der Waals surface area contributed by atoms with Gasteiger partial charge in [0.1, 0.15) is 11.8 Å². The van der Waals surface area contributed by atoms with Crippen LogP contribution in [0.2, 0.25) is 0 Å². The molecule has 0 bridgehead atoms. The lowest BCUT2D eigenvalue weighted by Gasteiger charge is -2.24. The van der Waals surface area contributed by atoms with E-state index in [-0.39, 0.29) is 6.10 Å². The molecule has 2 N–H and O–H groups in total. The Morgan fingerprint density at radius 1 is 1.50 bits per heavy atom. The number of imidazole rings is 1. The summed E-state index contributed by atoms with van der Waals surface area (Å²) in [6.45, 7) is 2.39. The molecule has 0 amide bonds. The molecule has 2 heterocycles. The fourth-order valence-corrected chi connectivity index (χ4v) is 2.07. The number of hydrogen-bond acceptors (Lipinski definition) is 4. The molecule has 0 aliphatic carbocycles. The molecule has 1 aromatic heterocycles. The van der Waals surface area contributed by atoms with Crippen molar-refractivity contribution in [3.63, 3.8) is 0 Å². The monoisotopic (exact) mass is 219 g/mol. The van der Waals surface area contributed by atoms with Crippen LogP contribution in [0.15, 0.2) is 24.5 Å². The van der Waals surface area contributed by atoms with E-state index in [2.05, 4.69) is 10.3 Å². The molecule has 0 saturated carbocycles. The molecule has 1 aliphatic heterocycles. The molecule has 1 fully saturated rings. The number of fused-ring (bicyclic) bond motifs is 1. The summed E-state index contributed by atoms with van der Waals surface area (Å²) in [7, 11) is 0. The molecule has 1 unspecified atom stereocenters. The summed E-state index contributed by atoms with van der Waals surface area (Å²) in [4.78, 5) is 4.20. The molecule has 1 saturated heterocycles. The molecule has 1 aliphatic rings. The van der Waals surface area contributed by atoms with Gasteiger partial charge in [-0.25, -0.2) is 4.98 Å². The highest BCUT2D eigenvalue weighted by atomic mass is 16.5. The molecule has 5 heteroatoms. The van der Waals surface area contributed by atoms with Gasteiger partial charge in [-0.3, -0.25) is 0 Å². The van der Waals surface area contributed by atoms with E-state index in [1.807, 2.05) is 18.2 Å². The maximum Gasteiger partial charge on any atom is 0.133 e. The molecule has 0 spiro atoms. The lowest BCUT2D eigenvalue weighted by Crippen LogP contribution is -2.33. The second-order valence-corrected chi connectivity index (χ2v) is 3.87. The first-order chi connectivity index (χ1) is 7.86. The minimum atomic E-state index is 0.0207. The zero-order valence-electron chi connectivity index (χ0n) is 8.76. The smallest absolute Gasteiger partial charge is 0.133 e. The van der Waals surface area contributed by atoms with E-state index in [1.54, 1.807) is 0 Å². The van der Waals surface area contributed by atoms with E-state index in [4.69, 9.17) is 4.74 Å². The van der Waals surface area contributed by atoms with Crippen LogP contribution in [-0.2, 0) is 4.74 Å². The lowest BCUT2D eigenvalue weighted by atomic mass is 10.1. The van der Waals surface area contributed by atoms with Gasteiger partial charge >= 0.3 is 0 Å². The number of rotatable bonds is 1. The third-order valence-corrected chi connectivity index (χ3v) is 2.86. The second-order valence-electron chi connectivity index (χ2n) is 3.87. The van der Waals surface area contributed by atoms with Gasteiger partial charge < -0.3 is 15.3 Å². The summed E-state index contributed by atoms with van der Waals surface area (Å²) in [5, 5.41) is 12.8. The molecule has 3 rings (SSSR count). The van der Waals surface area contributed by atoms with Gasteiger partial charge in [0.25, 0.3) is 0 Å². The van der Waals surface area contributed by atoms with Crippen molar-refractivity contribution in [2.45, 2.75) is 6.10 Å². The zero-order valence-corrected chi connectivity index (χ0v) is 8.76. The highest BCUT2D eigenvalue weighted by Crippen LogP contribution is 2.25. The van der Waals surface area contributed by atoms with E-state index in [0.717, 1.165) is 28.9 Å². The van der Waals surface area contributed by atoms with Crippen molar-refractivity contribution in [3.05, 3.63) is 30.1 Å². The van der Waals surface area contributed by atoms with Crippen molar-refractivity contribution in [1.29, 1.82) is 0 Å². The van der Waals surface area contributed by atoms with Crippen LogP contribution in [0.4, 0.5) is 0 Å². The van der Waals surface area contributed by atoms with Crippen LogP contribution in [0, 0.1) is 0 Å². The summed E-state index contributed by atoms with van der Waals surface area (Å²) in [5.74, 6) is 0. The normalized spacial score (nSPS) is 21.4. The SMILES string of the molecule is On1cnc2c(C3CNCCO3)cccc21. The summed E-state index contributed by atoms with van der Waals surface area (Å²) in [6, 6.07) is 5.74. The van der Waals surface area contributed by atoms with Gasteiger partial charge in [0.15, 0.2) is 0 Å². The quantitative estimate of drug-likeness (QED) is 0.701. The van der Waals surface area contributed by atoms with Crippen LogP contribution in [0.1, 0.15) is 11.7 Å². The maximum atomic E-state index is 9.53. The Labute approximate surface area is 92.6 Å². The number of nitrogens with zero attached hydrogens (tertiary/aromatic N) is 2. The summed E-state index contributed by atoms with van der Waals surface area (Å²) in [6.07, 6.45) is 1.43. The molecular weight excluding hydrogens is 206 g/mol. The van der Waals surface area contributed by atoms with E-state index >= 15 is 0 Å². The molecular formula is C11H13N3O2. The number of morpholine rings is 1. The van der Waals surface area contributed by atoms with Crippen molar-refractivity contribution in [1.82, 2.24) is 15.0 Å². The van der Waals surface area contributed by atoms with Crippen LogP contribution < -0.4 is 5.32 Å². The first-order valence-electron chi connectivity index (χ1n) is 5.34. The molecule has 16 heavy (non-hydrogen) atoms. The minimum absolute atomic E-state index is 0.0207. The number of nitrogens with one attached hydrogen (secondary N) is 1. The zero-order chi connectivity index (χ0) is 11.0. The van der Waals surface area contributed by atoms with Crippen molar-refractivity contribution < 1.29 is 9.94 Å². The van der Waals surface area contributed by atoms with Gasteiger partial charge in [0, 0.05) is 18.7 Å². The fourth-order valence-electron chi connectivity index (χ4n) is 2.07. The van der Waals surface area contributed by atoms with Gasteiger partial charge in [-0.1, -0.05) is 12.1 Å². The van der Waals surface area contributed by atoms with Gasteiger partial charge in [0.05, 0.1) is 18.2 Å². The van der Waals surface area contributed by atoms with Crippen molar-refractivity contribution in [2.24, 2.45) is 0 Å². The van der Waals surface area contributed by atoms with Gasteiger partial charge in [-0.05, 0) is 6.07 Å². The van der Waals surface area contributed by atoms with Crippen molar-refractivity contribution in [2.75, 3.05) is 19.7 Å². The fraction of sp³-hybridized carbons (Fsp3) is 0.364. The second kappa shape index (κ2) is 3.77. The first-order valence-corrected chi connectivity index (χ1v) is 5.34. The standard InChI is InChI=1S/C11H13N3O2/c15-14-7-13-11-8(2-1-3-9(11)14)10-6-12-4-5-16-10/h1-3,7,10,12,15H,4-6H2. The number of benzene rings is 1. The van der Waals surface area contributed by atoms with E-state index in [0.29, 0.717) is 12.1 Å². The van der Waals surface area contributed by atoms with Gasteiger partial charge in [0.2, 0.25) is 0 Å². The predicted molar refractivity (Wildman–Crippen MR) is 58.5 cm³/mol. The van der Waals surface area contributed by atoms with Crippen LogP contribution in [0.5, 0.6) is 0 Å². The topological polar surface area (TPSA) is 59.3 Å². The number of hydrogen-bond donors (Lipinski definition) is 2. The third-order valence-electron chi connectivity index (χ3n) is 2.86. The van der Waals surface area contributed by atoms with Crippen LogP contribution in [0.25, 0.3) is 11.0 Å². The molecule has 1 atom stereocenters. The number of ether oxygens (including phenoxy) is 1. The first kappa shape index (κ1) is 9.62. The summed E-state index contributed by atoms with van der Waals surface area (Å²) >= 11 is 0. The average Bonchev–Trinajstić information content (AvgIpc) is 2.73. The maximum absolute atomic E-state index is 9.53.